The smallest absolute Gasteiger partial charge is 0.333 e. The first-order valence-corrected chi connectivity index (χ1v) is 12.7. The van der Waals surface area contributed by atoms with E-state index in [0.717, 1.165) is 42.0 Å². The molecule has 1 N–H and O–H groups in total. The summed E-state index contributed by atoms with van der Waals surface area (Å²) < 4.78 is 5.05. The molecule has 1 saturated carbocycles. The van der Waals surface area contributed by atoms with Crippen LogP contribution in [-0.4, -0.2) is 23.5 Å². The Balaban J connectivity index is 1.77. The lowest BCUT2D eigenvalue weighted by Crippen LogP contribution is -2.35. The van der Waals surface area contributed by atoms with Crippen LogP contribution in [0.1, 0.15) is 75.2 Å². The van der Waals surface area contributed by atoms with E-state index in [1.54, 1.807) is 25.2 Å². The largest absolute Gasteiger partial charge is 0.463 e. The van der Waals surface area contributed by atoms with Crippen LogP contribution >= 0.6 is 11.3 Å². The number of nitrogens with zero attached hydrogens (tertiary/aromatic N) is 1. The zero-order chi connectivity index (χ0) is 23.6. The van der Waals surface area contributed by atoms with Crippen molar-refractivity contribution in [2.24, 2.45) is 5.92 Å². The molecule has 6 heteroatoms. The number of carbonyl (C=O) groups excluding carboxylic acids is 2. The van der Waals surface area contributed by atoms with Gasteiger partial charge in [0.2, 0.25) is 5.91 Å². The van der Waals surface area contributed by atoms with E-state index in [4.69, 9.17) is 9.72 Å². The molecule has 0 unspecified atom stereocenters. The summed E-state index contributed by atoms with van der Waals surface area (Å²) in [5, 5.41) is 6.19. The molecule has 0 spiro atoms. The maximum atomic E-state index is 13.0. The highest BCUT2D eigenvalue weighted by Gasteiger charge is 2.25. The summed E-state index contributed by atoms with van der Waals surface area (Å²) in [5.74, 6) is -0.0562. The fourth-order valence-corrected chi connectivity index (χ4v) is 4.98. The van der Waals surface area contributed by atoms with Gasteiger partial charge in [-0.2, -0.15) is 0 Å². The second-order valence-electron chi connectivity index (χ2n) is 8.63. The molecule has 1 aromatic carbocycles. The Morgan fingerprint density at radius 3 is 2.61 bits per heavy atom. The zero-order valence-electron chi connectivity index (χ0n) is 19.8. The van der Waals surface area contributed by atoms with Crippen LogP contribution in [0.5, 0.6) is 0 Å². The molecule has 0 aliphatic heterocycles. The molecule has 0 bridgehead atoms. The molecule has 33 heavy (non-hydrogen) atoms. The molecular formula is C27H34N2O3S. The number of allylic oxidation sites excluding steroid dienone is 2. The predicted molar refractivity (Wildman–Crippen MR) is 134 cm³/mol. The van der Waals surface area contributed by atoms with Gasteiger partial charge in [-0.15, -0.1) is 11.3 Å². The van der Waals surface area contributed by atoms with Gasteiger partial charge in [-0.3, -0.25) is 4.79 Å². The summed E-state index contributed by atoms with van der Waals surface area (Å²) >= 11 is 1.56. The van der Waals surface area contributed by atoms with Crippen LogP contribution in [0.4, 0.5) is 0 Å². The number of aromatic nitrogens is 1. The van der Waals surface area contributed by atoms with Crippen LogP contribution < -0.4 is 5.32 Å². The van der Waals surface area contributed by atoms with Gasteiger partial charge < -0.3 is 10.1 Å². The SMILES string of the molecule is CCOC(=O)C(C)=CC(C)=Cc1csc([C@H](Cc2ccccc2)NC(=O)C2CCCCC2)n1. The molecule has 0 radical (unpaired) electrons. The fraction of sp³-hybridized carbons (Fsp3) is 0.444. The summed E-state index contributed by atoms with van der Waals surface area (Å²) in [4.78, 5) is 29.7. The summed E-state index contributed by atoms with van der Waals surface area (Å²) in [6.07, 6.45) is 9.90. The first-order valence-electron chi connectivity index (χ1n) is 11.8. The van der Waals surface area contributed by atoms with Gasteiger partial charge in [0, 0.05) is 16.9 Å². The average molecular weight is 467 g/mol. The highest BCUT2D eigenvalue weighted by molar-refractivity contribution is 7.09. The minimum Gasteiger partial charge on any atom is -0.463 e. The quantitative estimate of drug-likeness (QED) is 0.278. The van der Waals surface area contributed by atoms with Crippen LogP contribution in [-0.2, 0) is 20.7 Å². The Bertz CT molecular complexity index is 988. The maximum Gasteiger partial charge on any atom is 0.333 e. The van der Waals surface area contributed by atoms with Gasteiger partial charge in [0.25, 0.3) is 0 Å². The Morgan fingerprint density at radius 1 is 1.18 bits per heavy atom. The first-order chi connectivity index (χ1) is 16.0. The van der Waals surface area contributed by atoms with Gasteiger partial charge >= 0.3 is 5.97 Å². The molecular weight excluding hydrogens is 432 g/mol. The van der Waals surface area contributed by atoms with Crippen LogP contribution in [0, 0.1) is 5.92 Å². The van der Waals surface area contributed by atoms with Crippen LogP contribution in [0.15, 0.2) is 52.9 Å². The molecule has 1 aromatic heterocycles. The average Bonchev–Trinajstić information content (AvgIpc) is 3.28. The number of nitrogens with one attached hydrogen (secondary N) is 1. The highest BCUT2D eigenvalue weighted by atomic mass is 32.1. The van der Waals surface area contributed by atoms with Gasteiger partial charge in [-0.25, -0.2) is 9.78 Å². The molecule has 0 saturated heterocycles. The fourth-order valence-electron chi connectivity index (χ4n) is 4.15. The Morgan fingerprint density at radius 2 is 1.91 bits per heavy atom. The van der Waals surface area contributed by atoms with Gasteiger partial charge in [0.1, 0.15) is 5.01 Å². The van der Waals surface area contributed by atoms with E-state index >= 15 is 0 Å². The van der Waals surface area contributed by atoms with E-state index in [1.165, 1.54) is 12.0 Å². The minimum absolute atomic E-state index is 0.106. The van der Waals surface area contributed by atoms with Gasteiger partial charge in [0.05, 0.1) is 18.3 Å². The molecule has 1 fully saturated rings. The number of ether oxygens (including phenoxy) is 1. The van der Waals surface area contributed by atoms with E-state index in [-0.39, 0.29) is 23.8 Å². The Labute approximate surface area is 201 Å². The van der Waals surface area contributed by atoms with Gasteiger partial charge in [-0.1, -0.05) is 49.6 Å². The second kappa shape index (κ2) is 12.5. The third-order valence-corrected chi connectivity index (χ3v) is 6.81. The lowest BCUT2D eigenvalue weighted by Gasteiger charge is -2.24. The van der Waals surface area contributed by atoms with Gasteiger partial charge in [0.15, 0.2) is 0 Å². The van der Waals surface area contributed by atoms with Crippen molar-refractivity contribution in [2.75, 3.05) is 6.61 Å². The lowest BCUT2D eigenvalue weighted by atomic mass is 9.88. The van der Waals surface area contributed by atoms with Crippen molar-refractivity contribution >= 4 is 29.3 Å². The summed E-state index contributed by atoms with van der Waals surface area (Å²) in [7, 11) is 0. The standard InChI is InChI=1S/C27H34N2O3S/c1-4-32-27(31)20(3)15-19(2)16-23-18-33-26(28-23)24(17-21-11-7-5-8-12-21)29-25(30)22-13-9-6-10-14-22/h5,7-8,11-12,15-16,18,22,24H,4,6,9-10,13-14,17H2,1-3H3,(H,29,30)/t24-/m0/s1. The number of rotatable bonds is 9. The van der Waals surface area contributed by atoms with Crippen molar-refractivity contribution < 1.29 is 14.3 Å². The number of hydrogen-bond acceptors (Lipinski definition) is 5. The minimum atomic E-state index is -0.308. The van der Waals surface area contributed by atoms with Crippen molar-refractivity contribution in [1.29, 1.82) is 0 Å². The van der Waals surface area contributed by atoms with E-state index < -0.39 is 0 Å². The summed E-state index contributed by atoms with van der Waals surface area (Å²) in [5.41, 5.74) is 3.47. The number of esters is 1. The van der Waals surface area contributed by atoms with Crippen molar-refractivity contribution in [3.63, 3.8) is 0 Å². The van der Waals surface area contributed by atoms with Crippen molar-refractivity contribution in [1.82, 2.24) is 10.3 Å². The van der Waals surface area contributed by atoms with Gasteiger partial charge in [-0.05, 0) is 63.3 Å². The zero-order valence-corrected chi connectivity index (χ0v) is 20.6. The predicted octanol–water partition coefficient (Wildman–Crippen LogP) is 6.04. The van der Waals surface area contributed by atoms with Crippen LogP contribution in [0.25, 0.3) is 6.08 Å². The molecule has 1 aliphatic rings. The van der Waals surface area contributed by atoms with E-state index in [2.05, 4.69) is 17.4 Å². The van der Waals surface area contributed by atoms with E-state index in [0.29, 0.717) is 18.6 Å². The number of amides is 1. The third-order valence-electron chi connectivity index (χ3n) is 5.83. The van der Waals surface area contributed by atoms with Crippen molar-refractivity contribution in [3.8, 4) is 0 Å². The lowest BCUT2D eigenvalue weighted by molar-refractivity contribution is -0.138. The molecule has 2 aromatic rings. The normalized spacial score (nSPS) is 16.3. The highest BCUT2D eigenvalue weighted by Crippen LogP contribution is 2.27. The molecule has 1 heterocycles. The second-order valence-corrected chi connectivity index (χ2v) is 9.52. The van der Waals surface area contributed by atoms with Crippen LogP contribution in [0.2, 0.25) is 0 Å². The van der Waals surface area contributed by atoms with Crippen LogP contribution in [0.3, 0.4) is 0 Å². The Hall–Kier alpha value is -2.73. The monoisotopic (exact) mass is 466 g/mol. The number of thiazole rings is 1. The first kappa shape index (κ1) is 24.9. The van der Waals surface area contributed by atoms with E-state index in [9.17, 15) is 9.59 Å². The molecule has 176 valence electrons. The molecule has 1 atom stereocenters. The number of hydrogen-bond donors (Lipinski definition) is 1. The molecule has 3 rings (SSSR count). The Kier molecular flexibility index (Phi) is 9.43. The third kappa shape index (κ3) is 7.67. The topological polar surface area (TPSA) is 68.3 Å². The summed E-state index contributed by atoms with van der Waals surface area (Å²) in [6.45, 7) is 5.84. The van der Waals surface area contributed by atoms with Crippen molar-refractivity contribution in [2.45, 2.75) is 65.3 Å². The molecule has 5 nitrogen and oxygen atoms in total. The maximum absolute atomic E-state index is 13.0. The van der Waals surface area contributed by atoms with E-state index in [1.807, 2.05) is 42.7 Å². The summed E-state index contributed by atoms with van der Waals surface area (Å²) in [6, 6.07) is 10.0. The van der Waals surface area contributed by atoms with Crippen molar-refractivity contribution in [3.05, 3.63) is 69.2 Å². The number of benzene rings is 1. The molecule has 1 aliphatic carbocycles. The molecule has 1 amide bonds. The number of carbonyl (C=O) groups is 2.